The van der Waals surface area contributed by atoms with Crippen LogP contribution >= 0.6 is 0 Å². The van der Waals surface area contributed by atoms with E-state index in [2.05, 4.69) is 16.9 Å². The van der Waals surface area contributed by atoms with Crippen LogP contribution in [0.5, 0.6) is 5.75 Å². The molecular weight excluding hydrogens is 200 g/mol. The Morgan fingerprint density at radius 3 is 2.50 bits per heavy atom. The first-order valence-electron chi connectivity index (χ1n) is 5.75. The van der Waals surface area contributed by atoms with Crippen LogP contribution < -0.4 is 0 Å². The van der Waals surface area contributed by atoms with Crippen LogP contribution in [-0.2, 0) is 0 Å². The molecule has 0 aliphatic carbocycles. The van der Waals surface area contributed by atoms with E-state index in [1.165, 1.54) is 0 Å². The van der Waals surface area contributed by atoms with E-state index in [9.17, 15) is 0 Å². The van der Waals surface area contributed by atoms with Gasteiger partial charge in [-0.3, -0.25) is 4.99 Å². The Hall–Kier alpha value is -1.35. The third-order valence-corrected chi connectivity index (χ3v) is 3.02. The second kappa shape index (κ2) is 5.12. The van der Waals surface area contributed by atoms with Gasteiger partial charge in [0.25, 0.3) is 0 Å². The van der Waals surface area contributed by atoms with Crippen LogP contribution in [0.3, 0.4) is 0 Å². The quantitative estimate of drug-likeness (QED) is 0.770. The molecule has 0 aromatic heterocycles. The lowest BCUT2D eigenvalue weighted by atomic mass is 10.1. The van der Waals surface area contributed by atoms with Gasteiger partial charge in [-0.1, -0.05) is 0 Å². The van der Waals surface area contributed by atoms with E-state index in [0.717, 1.165) is 31.5 Å². The Labute approximate surface area is 96.4 Å². The number of hydrogen-bond donors (Lipinski definition) is 1. The first kappa shape index (κ1) is 11.1. The molecule has 86 valence electrons. The molecule has 0 amide bonds. The summed E-state index contributed by atoms with van der Waals surface area (Å²) in [5.41, 5.74) is 1.05. The summed E-state index contributed by atoms with van der Waals surface area (Å²) in [4.78, 5) is 6.92. The lowest BCUT2D eigenvalue weighted by Crippen LogP contribution is -2.32. The predicted octanol–water partition coefficient (Wildman–Crippen LogP) is 1.91. The van der Waals surface area contributed by atoms with Crippen LogP contribution in [0.15, 0.2) is 29.3 Å². The number of aliphatic imine (C=N–C) groups is 1. The standard InChI is InChI=1S/C13H18N2O/c1-15-8-6-12(7-9-15)14-10-11-2-4-13(16)5-3-11/h2-5,10,12,16H,6-9H2,1H3. The maximum absolute atomic E-state index is 9.15. The second-order valence-electron chi connectivity index (χ2n) is 4.40. The Morgan fingerprint density at radius 1 is 1.25 bits per heavy atom. The van der Waals surface area contributed by atoms with Crippen molar-refractivity contribution >= 4 is 6.21 Å². The molecule has 3 heteroatoms. The van der Waals surface area contributed by atoms with Gasteiger partial charge in [0, 0.05) is 6.21 Å². The first-order valence-corrected chi connectivity index (χ1v) is 5.75. The number of hydrogen-bond acceptors (Lipinski definition) is 3. The van der Waals surface area contributed by atoms with E-state index in [-0.39, 0.29) is 0 Å². The predicted molar refractivity (Wildman–Crippen MR) is 66.2 cm³/mol. The van der Waals surface area contributed by atoms with Gasteiger partial charge in [0.1, 0.15) is 5.75 Å². The average Bonchev–Trinajstić information content (AvgIpc) is 2.30. The molecule has 1 heterocycles. The fourth-order valence-electron chi connectivity index (χ4n) is 1.90. The molecule has 1 fully saturated rings. The molecule has 1 aliphatic heterocycles. The molecule has 0 atom stereocenters. The van der Waals surface area contributed by atoms with Gasteiger partial charge in [0.2, 0.25) is 0 Å². The molecule has 0 saturated carbocycles. The van der Waals surface area contributed by atoms with Crippen molar-refractivity contribution in [3.8, 4) is 5.75 Å². The number of piperidine rings is 1. The van der Waals surface area contributed by atoms with Gasteiger partial charge < -0.3 is 10.0 Å². The molecule has 0 bridgehead atoms. The maximum Gasteiger partial charge on any atom is 0.115 e. The number of likely N-dealkylation sites (tertiary alicyclic amines) is 1. The molecule has 1 aromatic carbocycles. The lowest BCUT2D eigenvalue weighted by Gasteiger charge is -2.26. The van der Waals surface area contributed by atoms with Crippen molar-refractivity contribution in [2.45, 2.75) is 18.9 Å². The number of nitrogens with zero attached hydrogens (tertiary/aromatic N) is 2. The number of phenols is 1. The first-order chi connectivity index (χ1) is 7.74. The molecule has 2 rings (SSSR count). The van der Waals surface area contributed by atoms with Crippen LogP contribution in [0.4, 0.5) is 0 Å². The van der Waals surface area contributed by atoms with Crippen LogP contribution in [0, 0.1) is 0 Å². The van der Waals surface area contributed by atoms with Crippen LogP contribution in [0.1, 0.15) is 18.4 Å². The summed E-state index contributed by atoms with van der Waals surface area (Å²) in [6.07, 6.45) is 4.20. The summed E-state index contributed by atoms with van der Waals surface area (Å²) in [6.45, 7) is 2.27. The molecule has 1 saturated heterocycles. The van der Waals surface area contributed by atoms with E-state index in [1.54, 1.807) is 12.1 Å². The minimum absolute atomic E-state index is 0.302. The zero-order chi connectivity index (χ0) is 11.4. The molecule has 16 heavy (non-hydrogen) atoms. The highest BCUT2D eigenvalue weighted by Gasteiger charge is 2.14. The molecule has 3 nitrogen and oxygen atoms in total. The van der Waals surface area contributed by atoms with Gasteiger partial charge in [0.15, 0.2) is 0 Å². The third kappa shape index (κ3) is 3.07. The van der Waals surface area contributed by atoms with Gasteiger partial charge in [0.05, 0.1) is 6.04 Å². The lowest BCUT2D eigenvalue weighted by molar-refractivity contribution is 0.257. The normalized spacial score (nSPS) is 19.3. The summed E-state index contributed by atoms with van der Waals surface area (Å²) in [5, 5.41) is 9.15. The van der Waals surface area contributed by atoms with E-state index >= 15 is 0 Å². The van der Waals surface area contributed by atoms with Gasteiger partial charge >= 0.3 is 0 Å². The van der Waals surface area contributed by atoms with E-state index in [0.29, 0.717) is 11.8 Å². The summed E-state index contributed by atoms with van der Waals surface area (Å²) in [7, 11) is 2.15. The molecular formula is C13H18N2O. The van der Waals surface area contributed by atoms with Gasteiger partial charge in [-0.15, -0.1) is 0 Å². The fraction of sp³-hybridized carbons (Fsp3) is 0.462. The highest BCUT2D eigenvalue weighted by atomic mass is 16.3. The molecule has 0 radical (unpaired) electrons. The van der Waals surface area contributed by atoms with Crippen molar-refractivity contribution in [2.75, 3.05) is 20.1 Å². The Bertz CT molecular complexity index is 351. The summed E-state index contributed by atoms with van der Waals surface area (Å²) in [6, 6.07) is 7.61. The molecule has 1 aliphatic rings. The zero-order valence-corrected chi connectivity index (χ0v) is 9.63. The number of phenolic OH excluding ortho intramolecular Hbond substituents is 1. The highest BCUT2D eigenvalue weighted by molar-refractivity contribution is 5.79. The topological polar surface area (TPSA) is 35.8 Å². The van der Waals surface area contributed by atoms with Crippen molar-refractivity contribution in [3.05, 3.63) is 29.8 Å². The number of benzene rings is 1. The van der Waals surface area contributed by atoms with Crippen LogP contribution in [-0.4, -0.2) is 42.4 Å². The molecule has 0 unspecified atom stereocenters. The second-order valence-corrected chi connectivity index (χ2v) is 4.40. The summed E-state index contributed by atoms with van der Waals surface area (Å²) in [5.74, 6) is 0.302. The van der Waals surface area contributed by atoms with Crippen molar-refractivity contribution in [1.29, 1.82) is 0 Å². The van der Waals surface area contributed by atoms with Gasteiger partial charge in [-0.25, -0.2) is 0 Å². The molecule has 1 N–H and O–H groups in total. The van der Waals surface area contributed by atoms with Gasteiger partial charge in [-0.2, -0.15) is 0 Å². The number of aromatic hydroxyl groups is 1. The van der Waals surface area contributed by atoms with Crippen molar-refractivity contribution < 1.29 is 5.11 Å². The minimum atomic E-state index is 0.302. The number of rotatable bonds is 2. The van der Waals surface area contributed by atoms with E-state index in [4.69, 9.17) is 5.11 Å². The minimum Gasteiger partial charge on any atom is -0.508 e. The third-order valence-electron chi connectivity index (χ3n) is 3.02. The van der Waals surface area contributed by atoms with Crippen molar-refractivity contribution in [2.24, 2.45) is 4.99 Å². The fourth-order valence-corrected chi connectivity index (χ4v) is 1.90. The summed E-state index contributed by atoms with van der Waals surface area (Å²) >= 11 is 0. The molecule has 1 aromatic rings. The molecule has 0 spiro atoms. The monoisotopic (exact) mass is 218 g/mol. The maximum atomic E-state index is 9.15. The Balaban J connectivity index is 1.91. The average molecular weight is 218 g/mol. The van der Waals surface area contributed by atoms with E-state index < -0.39 is 0 Å². The SMILES string of the molecule is CN1CCC(N=Cc2ccc(O)cc2)CC1. The summed E-state index contributed by atoms with van der Waals surface area (Å²) < 4.78 is 0. The zero-order valence-electron chi connectivity index (χ0n) is 9.63. The van der Waals surface area contributed by atoms with Crippen molar-refractivity contribution in [1.82, 2.24) is 4.90 Å². The van der Waals surface area contributed by atoms with Crippen molar-refractivity contribution in [3.63, 3.8) is 0 Å². The van der Waals surface area contributed by atoms with Gasteiger partial charge in [-0.05, 0) is 62.8 Å². The van der Waals surface area contributed by atoms with Crippen LogP contribution in [0.2, 0.25) is 0 Å². The van der Waals surface area contributed by atoms with Crippen LogP contribution in [0.25, 0.3) is 0 Å². The largest absolute Gasteiger partial charge is 0.508 e. The van der Waals surface area contributed by atoms with E-state index in [1.807, 2.05) is 18.3 Å². The Morgan fingerprint density at radius 2 is 1.88 bits per heavy atom. The Kier molecular flexibility index (Phi) is 3.57. The smallest absolute Gasteiger partial charge is 0.115 e. The highest BCUT2D eigenvalue weighted by Crippen LogP contribution is 2.13.